The molecule has 0 aromatic heterocycles. The molecule has 21 heavy (non-hydrogen) atoms. The summed E-state index contributed by atoms with van der Waals surface area (Å²) in [6, 6.07) is 15.9. The zero-order chi connectivity index (χ0) is 14.5. The van der Waals surface area contributed by atoms with E-state index in [0.717, 1.165) is 6.42 Å². The van der Waals surface area contributed by atoms with E-state index in [1.54, 1.807) is 5.57 Å². The first-order valence-corrected chi connectivity index (χ1v) is 8.21. The standard InChI is InChI=1S/C20H25N/c1-21-20(17-10-4-2-3-5-11-17)15-18-13-8-12-16-9-6-7-14-19(16)18/h6-10,12-14,20-21H,2-5,11,15H2,1H3. The maximum absolute atomic E-state index is 3.54. The molecule has 1 N–H and O–H groups in total. The fourth-order valence-electron chi connectivity index (χ4n) is 3.47. The van der Waals surface area contributed by atoms with Gasteiger partial charge in [-0.05, 0) is 55.5 Å². The molecule has 0 saturated carbocycles. The Labute approximate surface area is 128 Å². The third-order valence-electron chi connectivity index (χ3n) is 4.68. The molecular weight excluding hydrogens is 254 g/mol. The van der Waals surface area contributed by atoms with E-state index >= 15 is 0 Å². The normalized spacial score (nSPS) is 17.3. The zero-order valence-electron chi connectivity index (χ0n) is 12.9. The summed E-state index contributed by atoms with van der Waals surface area (Å²) in [4.78, 5) is 0. The number of fused-ring (bicyclic) bond motifs is 1. The van der Waals surface area contributed by atoms with E-state index in [0.29, 0.717) is 6.04 Å². The zero-order valence-corrected chi connectivity index (χ0v) is 12.9. The maximum Gasteiger partial charge on any atom is 0.0317 e. The van der Waals surface area contributed by atoms with Crippen molar-refractivity contribution >= 4 is 10.8 Å². The summed E-state index contributed by atoms with van der Waals surface area (Å²) >= 11 is 0. The molecule has 1 aliphatic rings. The smallest absolute Gasteiger partial charge is 0.0317 e. The van der Waals surface area contributed by atoms with Gasteiger partial charge >= 0.3 is 0 Å². The Bertz CT molecular complexity index is 621. The largest absolute Gasteiger partial charge is 0.313 e. The number of benzene rings is 2. The summed E-state index contributed by atoms with van der Waals surface area (Å²) in [5, 5.41) is 6.29. The molecule has 0 radical (unpaired) electrons. The second kappa shape index (κ2) is 6.91. The predicted molar refractivity (Wildman–Crippen MR) is 91.7 cm³/mol. The van der Waals surface area contributed by atoms with E-state index in [2.05, 4.69) is 60.9 Å². The Morgan fingerprint density at radius 1 is 1.00 bits per heavy atom. The van der Waals surface area contributed by atoms with Crippen molar-refractivity contribution < 1.29 is 0 Å². The van der Waals surface area contributed by atoms with Gasteiger partial charge in [0.25, 0.3) is 0 Å². The first-order valence-electron chi connectivity index (χ1n) is 8.21. The first kappa shape index (κ1) is 14.3. The van der Waals surface area contributed by atoms with Gasteiger partial charge in [-0.2, -0.15) is 0 Å². The summed E-state index contributed by atoms with van der Waals surface area (Å²) < 4.78 is 0. The van der Waals surface area contributed by atoms with Crippen LogP contribution in [0, 0.1) is 0 Å². The Kier molecular flexibility index (Phi) is 4.72. The van der Waals surface area contributed by atoms with Crippen LogP contribution in [0.1, 0.15) is 37.7 Å². The van der Waals surface area contributed by atoms with Crippen LogP contribution >= 0.6 is 0 Å². The SMILES string of the molecule is CNC(Cc1cccc2ccccc12)C1=CCCCCC1. The number of likely N-dealkylation sites (N-methyl/N-ethyl adjacent to an activating group) is 1. The van der Waals surface area contributed by atoms with Crippen LogP contribution in [-0.2, 0) is 6.42 Å². The molecule has 0 amide bonds. The predicted octanol–water partition coefficient (Wildman–Crippen LogP) is 4.86. The maximum atomic E-state index is 3.54. The first-order chi connectivity index (χ1) is 10.4. The lowest BCUT2D eigenvalue weighted by molar-refractivity contribution is 0.599. The lowest BCUT2D eigenvalue weighted by atomic mass is 9.93. The number of rotatable bonds is 4. The molecule has 0 aliphatic heterocycles. The third kappa shape index (κ3) is 3.36. The Morgan fingerprint density at radius 3 is 2.76 bits per heavy atom. The molecule has 0 bridgehead atoms. The minimum absolute atomic E-state index is 0.480. The van der Waals surface area contributed by atoms with Crippen LogP contribution in [-0.4, -0.2) is 13.1 Å². The van der Waals surface area contributed by atoms with Gasteiger partial charge in [-0.3, -0.25) is 0 Å². The van der Waals surface area contributed by atoms with Crippen LogP contribution in [0.15, 0.2) is 54.1 Å². The molecule has 0 spiro atoms. The van der Waals surface area contributed by atoms with Crippen molar-refractivity contribution in [3.8, 4) is 0 Å². The highest BCUT2D eigenvalue weighted by molar-refractivity contribution is 5.85. The number of hydrogen-bond acceptors (Lipinski definition) is 1. The van der Waals surface area contributed by atoms with Crippen molar-refractivity contribution in [2.45, 2.75) is 44.6 Å². The van der Waals surface area contributed by atoms with E-state index < -0.39 is 0 Å². The Morgan fingerprint density at radius 2 is 1.86 bits per heavy atom. The van der Waals surface area contributed by atoms with Gasteiger partial charge in [0.2, 0.25) is 0 Å². The van der Waals surface area contributed by atoms with E-state index in [-0.39, 0.29) is 0 Å². The van der Waals surface area contributed by atoms with Crippen LogP contribution in [0.2, 0.25) is 0 Å². The molecule has 1 unspecified atom stereocenters. The van der Waals surface area contributed by atoms with Crippen molar-refractivity contribution in [1.29, 1.82) is 0 Å². The summed E-state index contributed by atoms with van der Waals surface area (Å²) in [7, 11) is 2.10. The van der Waals surface area contributed by atoms with Gasteiger partial charge in [-0.1, -0.05) is 60.5 Å². The topological polar surface area (TPSA) is 12.0 Å². The highest BCUT2D eigenvalue weighted by Gasteiger charge is 2.15. The van der Waals surface area contributed by atoms with Crippen molar-refractivity contribution in [1.82, 2.24) is 5.32 Å². The van der Waals surface area contributed by atoms with E-state index in [1.165, 1.54) is 48.4 Å². The van der Waals surface area contributed by atoms with Crippen LogP contribution < -0.4 is 5.32 Å². The van der Waals surface area contributed by atoms with E-state index in [9.17, 15) is 0 Å². The molecule has 1 nitrogen and oxygen atoms in total. The molecule has 3 rings (SSSR count). The van der Waals surface area contributed by atoms with Crippen molar-refractivity contribution in [3.05, 3.63) is 59.7 Å². The van der Waals surface area contributed by atoms with Gasteiger partial charge in [0.15, 0.2) is 0 Å². The van der Waals surface area contributed by atoms with Crippen LogP contribution in [0.25, 0.3) is 10.8 Å². The molecule has 1 heteroatoms. The second-order valence-corrected chi connectivity index (χ2v) is 6.06. The number of nitrogens with one attached hydrogen (secondary N) is 1. The van der Waals surface area contributed by atoms with E-state index in [1.807, 2.05) is 0 Å². The monoisotopic (exact) mass is 279 g/mol. The summed E-state index contributed by atoms with van der Waals surface area (Å²) in [5.41, 5.74) is 3.07. The minimum atomic E-state index is 0.480. The Hall–Kier alpha value is -1.60. The molecule has 2 aromatic rings. The molecule has 2 aromatic carbocycles. The molecule has 0 heterocycles. The number of hydrogen-bond donors (Lipinski definition) is 1. The molecule has 0 fully saturated rings. The molecule has 1 atom stereocenters. The lowest BCUT2D eigenvalue weighted by Gasteiger charge is -2.20. The fourth-order valence-corrected chi connectivity index (χ4v) is 3.47. The highest BCUT2D eigenvalue weighted by atomic mass is 14.9. The minimum Gasteiger partial charge on any atom is -0.313 e. The lowest BCUT2D eigenvalue weighted by Crippen LogP contribution is -2.29. The van der Waals surface area contributed by atoms with Crippen molar-refractivity contribution in [2.75, 3.05) is 7.05 Å². The molecule has 110 valence electrons. The van der Waals surface area contributed by atoms with Gasteiger partial charge in [0.1, 0.15) is 0 Å². The highest BCUT2D eigenvalue weighted by Crippen LogP contribution is 2.25. The average molecular weight is 279 g/mol. The number of allylic oxidation sites excluding steroid dienone is 1. The van der Waals surface area contributed by atoms with Crippen LogP contribution in [0.3, 0.4) is 0 Å². The molecule has 1 aliphatic carbocycles. The second-order valence-electron chi connectivity index (χ2n) is 6.06. The summed E-state index contributed by atoms with van der Waals surface area (Å²) in [6.45, 7) is 0. The van der Waals surface area contributed by atoms with Gasteiger partial charge in [0.05, 0.1) is 0 Å². The molecule has 0 saturated heterocycles. The van der Waals surface area contributed by atoms with Gasteiger partial charge < -0.3 is 5.32 Å². The van der Waals surface area contributed by atoms with Crippen LogP contribution in [0.5, 0.6) is 0 Å². The van der Waals surface area contributed by atoms with Crippen LogP contribution in [0.4, 0.5) is 0 Å². The van der Waals surface area contributed by atoms with Crippen molar-refractivity contribution in [3.63, 3.8) is 0 Å². The Balaban J connectivity index is 1.87. The fraction of sp³-hybridized carbons (Fsp3) is 0.400. The van der Waals surface area contributed by atoms with E-state index in [4.69, 9.17) is 0 Å². The third-order valence-corrected chi connectivity index (χ3v) is 4.68. The van der Waals surface area contributed by atoms with Gasteiger partial charge in [0, 0.05) is 6.04 Å². The summed E-state index contributed by atoms with van der Waals surface area (Å²) in [5.74, 6) is 0. The average Bonchev–Trinajstić information content (AvgIpc) is 2.82. The molecular formula is C20H25N. The van der Waals surface area contributed by atoms with Crippen molar-refractivity contribution in [2.24, 2.45) is 0 Å². The van der Waals surface area contributed by atoms with Gasteiger partial charge in [-0.15, -0.1) is 0 Å². The quantitative estimate of drug-likeness (QED) is 0.788. The summed E-state index contributed by atoms with van der Waals surface area (Å²) in [6.07, 6.45) is 10.2. The van der Waals surface area contributed by atoms with Gasteiger partial charge in [-0.25, -0.2) is 0 Å².